The molecule has 0 aliphatic rings. The van der Waals surface area contributed by atoms with Crippen molar-refractivity contribution in [2.24, 2.45) is 0 Å². The van der Waals surface area contributed by atoms with Crippen molar-refractivity contribution in [1.82, 2.24) is 0 Å². The van der Waals surface area contributed by atoms with E-state index in [2.05, 4.69) is 0 Å². The molecule has 167 valence electrons. The molecule has 14 nitrogen and oxygen atoms in total. The normalized spacial score (nSPS) is 19.6. The van der Waals surface area contributed by atoms with E-state index >= 15 is 0 Å². The molecule has 0 fully saturated rings. The SMILES string of the molecule is O=C(O)[C@H](O)[C@@H](O)[C@@H](O)[C@H](O)CO.O=C(O)[C@H](O)[C@@H](O)[C@@H](O)[C@H](O)CO.[Cu]. The Morgan fingerprint density at radius 2 is 0.778 bits per heavy atom. The van der Waals surface area contributed by atoms with Gasteiger partial charge in [-0.25, -0.2) is 9.59 Å². The van der Waals surface area contributed by atoms with Gasteiger partial charge in [-0.05, 0) is 0 Å². The molecule has 0 aliphatic heterocycles. The van der Waals surface area contributed by atoms with E-state index in [4.69, 9.17) is 61.3 Å². The first kappa shape index (κ1) is 30.8. The molecule has 0 bridgehead atoms. The van der Waals surface area contributed by atoms with Crippen LogP contribution in [0.4, 0.5) is 0 Å². The van der Waals surface area contributed by atoms with Crippen molar-refractivity contribution in [1.29, 1.82) is 0 Å². The Bertz CT molecular complexity index is 385. The summed E-state index contributed by atoms with van der Waals surface area (Å²) in [5.74, 6) is -3.45. The van der Waals surface area contributed by atoms with Gasteiger partial charge in [0.2, 0.25) is 0 Å². The first-order valence-electron chi connectivity index (χ1n) is 6.95. The summed E-state index contributed by atoms with van der Waals surface area (Å²) in [5, 5.41) is 104. The number of aliphatic hydroxyl groups excluding tert-OH is 10. The maximum Gasteiger partial charge on any atom is 0.335 e. The molecule has 15 heteroatoms. The molecule has 0 saturated heterocycles. The molecule has 0 heterocycles. The van der Waals surface area contributed by atoms with Crippen LogP contribution in [-0.2, 0) is 26.7 Å². The third kappa shape index (κ3) is 10.8. The number of carbonyl (C=O) groups is 2. The van der Waals surface area contributed by atoms with E-state index in [1.807, 2.05) is 0 Å². The zero-order valence-corrected chi connectivity index (χ0v) is 14.5. The van der Waals surface area contributed by atoms with Gasteiger partial charge in [-0.15, -0.1) is 0 Å². The van der Waals surface area contributed by atoms with Crippen LogP contribution in [0.3, 0.4) is 0 Å². The summed E-state index contributed by atoms with van der Waals surface area (Å²) in [6.45, 7) is -1.69. The molecule has 0 unspecified atom stereocenters. The zero-order chi connectivity index (χ0) is 21.2. The smallest absolute Gasteiger partial charge is 0.335 e. The molecule has 8 atom stereocenters. The minimum atomic E-state index is -2.20. The van der Waals surface area contributed by atoms with Crippen molar-refractivity contribution in [3.05, 3.63) is 0 Å². The second-order valence-electron chi connectivity index (χ2n) is 5.03. The quantitative estimate of drug-likeness (QED) is 0.136. The maximum absolute atomic E-state index is 10.1. The Kier molecular flexibility index (Phi) is 17.1. The van der Waals surface area contributed by atoms with Gasteiger partial charge in [0.15, 0.2) is 12.2 Å². The van der Waals surface area contributed by atoms with Crippen LogP contribution >= 0.6 is 0 Å². The summed E-state index contributed by atoms with van der Waals surface area (Å²) in [6.07, 6.45) is -15.7. The summed E-state index contributed by atoms with van der Waals surface area (Å²) >= 11 is 0. The van der Waals surface area contributed by atoms with Gasteiger partial charge < -0.3 is 61.3 Å². The zero-order valence-electron chi connectivity index (χ0n) is 13.5. The van der Waals surface area contributed by atoms with Gasteiger partial charge in [0, 0.05) is 17.1 Å². The van der Waals surface area contributed by atoms with Crippen molar-refractivity contribution in [3.63, 3.8) is 0 Å². The van der Waals surface area contributed by atoms with E-state index in [9.17, 15) is 9.59 Å². The van der Waals surface area contributed by atoms with Crippen LogP contribution in [0.1, 0.15) is 0 Å². The van der Waals surface area contributed by atoms with Crippen molar-refractivity contribution in [2.75, 3.05) is 13.2 Å². The average Bonchev–Trinajstić information content (AvgIpc) is 2.62. The van der Waals surface area contributed by atoms with E-state index in [1.54, 1.807) is 0 Å². The molecule has 0 amide bonds. The second kappa shape index (κ2) is 15.0. The Labute approximate surface area is 162 Å². The topological polar surface area (TPSA) is 277 Å². The Balaban J connectivity index is -0.000000411. The fourth-order valence-electron chi connectivity index (χ4n) is 1.34. The molecule has 0 aromatic carbocycles. The fourth-order valence-corrected chi connectivity index (χ4v) is 1.34. The Morgan fingerprint density at radius 3 is 0.926 bits per heavy atom. The van der Waals surface area contributed by atoms with Gasteiger partial charge in [0.25, 0.3) is 0 Å². The van der Waals surface area contributed by atoms with Crippen LogP contribution in [0.2, 0.25) is 0 Å². The monoisotopic (exact) mass is 455 g/mol. The number of hydrogen-bond acceptors (Lipinski definition) is 12. The van der Waals surface area contributed by atoms with E-state index < -0.39 is 74.0 Å². The van der Waals surface area contributed by atoms with Crippen molar-refractivity contribution >= 4 is 11.9 Å². The van der Waals surface area contributed by atoms with Gasteiger partial charge in [-0.1, -0.05) is 0 Å². The summed E-state index contributed by atoms with van der Waals surface area (Å²) < 4.78 is 0. The van der Waals surface area contributed by atoms with Crippen LogP contribution in [0, 0.1) is 0 Å². The molecular weight excluding hydrogens is 432 g/mol. The van der Waals surface area contributed by atoms with Gasteiger partial charge in [-0.2, -0.15) is 0 Å². The molecule has 12 N–H and O–H groups in total. The number of carboxylic acid groups (broad SMARTS) is 2. The molecule has 0 aromatic heterocycles. The molecule has 0 spiro atoms. The van der Waals surface area contributed by atoms with E-state index in [0.29, 0.717) is 0 Å². The molecule has 0 saturated carbocycles. The number of rotatable bonds is 10. The summed E-state index contributed by atoms with van der Waals surface area (Å²) in [7, 11) is 0. The number of hydrogen-bond donors (Lipinski definition) is 12. The minimum absolute atomic E-state index is 0. The van der Waals surface area contributed by atoms with E-state index in [0.717, 1.165) is 0 Å². The van der Waals surface area contributed by atoms with Gasteiger partial charge in [-0.3, -0.25) is 0 Å². The fraction of sp³-hybridized carbons (Fsp3) is 0.833. The van der Waals surface area contributed by atoms with Crippen molar-refractivity contribution in [2.45, 2.75) is 48.8 Å². The standard InChI is InChI=1S/2C6H12O7.Cu/c2*7-1-2(8)3(9)4(10)5(11)6(12)13;/h2*2-5,7-11H,1H2,(H,12,13);/t2*2-,3+,4+,5-;/m11./s1. The van der Waals surface area contributed by atoms with Gasteiger partial charge in [0.05, 0.1) is 13.2 Å². The Hall–Kier alpha value is -0.941. The summed E-state index contributed by atoms with van der Waals surface area (Å²) in [4.78, 5) is 20.2. The first-order chi connectivity index (χ1) is 11.8. The molecule has 0 aromatic rings. The van der Waals surface area contributed by atoms with Crippen LogP contribution in [0.15, 0.2) is 0 Å². The van der Waals surface area contributed by atoms with Crippen LogP contribution in [-0.4, -0.2) is 135 Å². The first-order valence-corrected chi connectivity index (χ1v) is 6.95. The predicted molar refractivity (Wildman–Crippen MR) is 77.5 cm³/mol. The number of carboxylic acids is 2. The van der Waals surface area contributed by atoms with E-state index in [1.165, 1.54) is 0 Å². The molecule has 0 aliphatic carbocycles. The third-order valence-corrected chi connectivity index (χ3v) is 3.02. The number of aliphatic carboxylic acids is 2. The maximum atomic E-state index is 10.1. The van der Waals surface area contributed by atoms with Crippen LogP contribution in [0.5, 0.6) is 0 Å². The van der Waals surface area contributed by atoms with Crippen LogP contribution < -0.4 is 0 Å². The predicted octanol–water partition coefficient (Wildman–Crippen LogP) is -6.99. The molecule has 27 heavy (non-hydrogen) atoms. The van der Waals surface area contributed by atoms with E-state index in [-0.39, 0.29) is 17.1 Å². The summed E-state index contributed by atoms with van der Waals surface area (Å²) in [5.41, 5.74) is 0. The van der Waals surface area contributed by atoms with Crippen molar-refractivity contribution < 1.29 is 87.9 Å². The van der Waals surface area contributed by atoms with Crippen LogP contribution in [0.25, 0.3) is 0 Å². The molecular formula is C12H24CuO14. The van der Waals surface area contributed by atoms with Gasteiger partial charge >= 0.3 is 11.9 Å². The minimum Gasteiger partial charge on any atom is -0.479 e. The molecule has 0 rings (SSSR count). The largest absolute Gasteiger partial charge is 0.479 e. The molecule has 1 radical (unpaired) electrons. The van der Waals surface area contributed by atoms with Gasteiger partial charge in [0.1, 0.15) is 36.6 Å². The van der Waals surface area contributed by atoms with Crippen molar-refractivity contribution in [3.8, 4) is 0 Å². The third-order valence-electron chi connectivity index (χ3n) is 3.02. The Morgan fingerprint density at radius 1 is 0.556 bits per heavy atom. The second-order valence-corrected chi connectivity index (χ2v) is 5.03. The average molecular weight is 456 g/mol. The number of aliphatic hydroxyl groups is 10. The summed E-state index contributed by atoms with van der Waals surface area (Å²) in [6, 6.07) is 0.